The maximum absolute atomic E-state index is 13.4. The van der Waals surface area contributed by atoms with E-state index < -0.39 is 15.7 Å². The van der Waals surface area contributed by atoms with Gasteiger partial charge in [0.15, 0.2) is 9.84 Å². The van der Waals surface area contributed by atoms with Crippen molar-refractivity contribution < 1.29 is 12.8 Å². The van der Waals surface area contributed by atoms with Crippen molar-refractivity contribution >= 4 is 15.5 Å². The molecule has 108 valence electrons. The van der Waals surface area contributed by atoms with E-state index in [-0.39, 0.29) is 16.3 Å². The highest BCUT2D eigenvalue weighted by molar-refractivity contribution is 7.90. The van der Waals surface area contributed by atoms with Gasteiger partial charge < -0.3 is 5.73 Å². The molecule has 6 heteroatoms. The molecule has 0 heterocycles. The third-order valence-corrected chi connectivity index (χ3v) is 4.81. The molecule has 0 aliphatic carbocycles. The van der Waals surface area contributed by atoms with E-state index in [2.05, 4.69) is 0 Å². The second-order valence-corrected chi connectivity index (χ2v) is 6.69. The van der Waals surface area contributed by atoms with E-state index in [1.807, 2.05) is 6.07 Å². The Morgan fingerprint density at radius 2 is 1.95 bits per heavy atom. The summed E-state index contributed by atoms with van der Waals surface area (Å²) in [6, 6.07) is 10.2. The zero-order valence-electron chi connectivity index (χ0n) is 11.3. The summed E-state index contributed by atoms with van der Waals surface area (Å²) in [5.41, 5.74) is 6.99. The van der Waals surface area contributed by atoms with Crippen LogP contribution in [0.15, 0.2) is 41.3 Å². The molecule has 0 radical (unpaired) electrons. The molecule has 0 saturated heterocycles. The molecule has 0 aromatic heterocycles. The summed E-state index contributed by atoms with van der Waals surface area (Å²) in [6.07, 6.45) is 0. The molecular formula is C15H13FN2O2S. The first-order valence-corrected chi connectivity index (χ1v) is 7.76. The number of nitrogen functional groups attached to an aromatic ring is 1. The van der Waals surface area contributed by atoms with Gasteiger partial charge in [-0.25, -0.2) is 12.8 Å². The Bertz CT molecular complexity index is 839. The lowest BCUT2D eigenvalue weighted by Crippen LogP contribution is -2.07. The van der Waals surface area contributed by atoms with E-state index in [4.69, 9.17) is 11.0 Å². The predicted molar refractivity (Wildman–Crippen MR) is 77.6 cm³/mol. The van der Waals surface area contributed by atoms with Gasteiger partial charge >= 0.3 is 0 Å². The van der Waals surface area contributed by atoms with Gasteiger partial charge in [-0.2, -0.15) is 5.26 Å². The number of nitrogens with zero attached hydrogens (tertiary/aromatic N) is 1. The minimum Gasteiger partial charge on any atom is -0.396 e. The van der Waals surface area contributed by atoms with Crippen LogP contribution < -0.4 is 5.73 Å². The molecule has 0 spiro atoms. The molecule has 4 nitrogen and oxygen atoms in total. The normalized spacial score (nSPS) is 11.1. The fourth-order valence-electron chi connectivity index (χ4n) is 1.92. The minimum absolute atomic E-state index is 0.0940. The molecule has 0 amide bonds. The van der Waals surface area contributed by atoms with Gasteiger partial charge in [0, 0.05) is 0 Å². The standard InChI is InChI=1S/C15H13FN2O2S/c1-10-6-11(8-17)2-3-12(10)9-21(19,20)13-4-5-15(18)14(16)7-13/h2-7H,9,18H2,1H3. The van der Waals surface area contributed by atoms with E-state index in [0.29, 0.717) is 16.7 Å². The molecule has 2 aromatic rings. The third kappa shape index (κ3) is 3.20. The van der Waals surface area contributed by atoms with Gasteiger partial charge in [0.25, 0.3) is 0 Å². The first kappa shape index (κ1) is 15.0. The summed E-state index contributed by atoms with van der Waals surface area (Å²) >= 11 is 0. The lowest BCUT2D eigenvalue weighted by molar-refractivity contribution is 0.590. The van der Waals surface area contributed by atoms with Gasteiger partial charge in [-0.1, -0.05) is 6.07 Å². The van der Waals surface area contributed by atoms with Crippen LogP contribution in [0.5, 0.6) is 0 Å². The maximum atomic E-state index is 13.4. The van der Waals surface area contributed by atoms with Gasteiger partial charge in [0.05, 0.1) is 28.0 Å². The molecule has 2 rings (SSSR count). The number of aryl methyl sites for hydroxylation is 1. The SMILES string of the molecule is Cc1cc(C#N)ccc1CS(=O)(=O)c1ccc(N)c(F)c1. The Balaban J connectivity index is 2.37. The van der Waals surface area contributed by atoms with E-state index >= 15 is 0 Å². The monoisotopic (exact) mass is 304 g/mol. The molecule has 0 aliphatic rings. The van der Waals surface area contributed by atoms with Gasteiger partial charge in [-0.3, -0.25) is 0 Å². The Morgan fingerprint density at radius 1 is 1.24 bits per heavy atom. The minimum atomic E-state index is -3.67. The number of anilines is 1. The molecule has 0 bridgehead atoms. The highest BCUT2D eigenvalue weighted by Crippen LogP contribution is 2.22. The van der Waals surface area contributed by atoms with Crippen LogP contribution in [0, 0.1) is 24.1 Å². The van der Waals surface area contributed by atoms with Crippen molar-refractivity contribution in [2.24, 2.45) is 0 Å². The van der Waals surface area contributed by atoms with Crippen LogP contribution >= 0.6 is 0 Å². The van der Waals surface area contributed by atoms with E-state index in [1.54, 1.807) is 25.1 Å². The predicted octanol–water partition coefficient (Wildman–Crippen LogP) is 2.56. The summed E-state index contributed by atoms with van der Waals surface area (Å²) in [6.45, 7) is 1.73. The molecule has 0 unspecified atom stereocenters. The quantitative estimate of drug-likeness (QED) is 0.883. The second-order valence-electron chi connectivity index (χ2n) is 4.70. The van der Waals surface area contributed by atoms with Gasteiger partial charge in [0.2, 0.25) is 0 Å². The van der Waals surface area contributed by atoms with Gasteiger partial charge in [-0.05, 0) is 48.4 Å². The average molecular weight is 304 g/mol. The van der Waals surface area contributed by atoms with E-state index in [1.165, 1.54) is 12.1 Å². The summed E-state index contributed by atoms with van der Waals surface area (Å²) in [4.78, 5) is -0.113. The Labute approximate surface area is 122 Å². The van der Waals surface area contributed by atoms with Gasteiger partial charge in [-0.15, -0.1) is 0 Å². The topological polar surface area (TPSA) is 84.0 Å². The zero-order valence-corrected chi connectivity index (χ0v) is 12.1. The molecule has 2 N–H and O–H groups in total. The number of benzene rings is 2. The lowest BCUT2D eigenvalue weighted by atomic mass is 10.1. The highest BCUT2D eigenvalue weighted by atomic mass is 32.2. The number of sulfone groups is 1. The van der Waals surface area contributed by atoms with Crippen molar-refractivity contribution in [3.05, 3.63) is 58.9 Å². The largest absolute Gasteiger partial charge is 0.396 e. The smallest absolute Gasteiger partial charge is 0.182 e. The van der Waals surface area contributed by atoms with Crippen molar-refractivity contribution in [1.29, 1.82) is 5.26 Å². The van der Waals surface area contributed by atoms with Crippen LogP contribution in [0.1, 0.15) is 16.7 Å². The summed E-state index contributed by atoms with van der Waals surface area (Å²) in [5, 5.41) is 8.80. The van der Waals surface area contributed by atoms with Crippen LogP contribution in [0.25, 0.3) is 0 Å². The number of hydrogen-bond acceptors (Lipinski definition) is 4. The number of rotatable bonds is 3. The Hall–Kier alpha value is -2.39. The van der Waals surface area contributed by atoms with Crippen molar-refractivity contribution in [2.45, 2.75) is 17.6 Å². The van der Waals surface area contributed by atoms with Crippen molar-refractivity contribution in [3.63, 3.8) is 0 Å². The molecule has 0 aliphatic heterocycles. The summed E-state index contributed by atoms with van der Waals surface area (Å²) in [7, 11) is -3.67. The first-order chi connectivity index (χ1) is 9.83. The fourth-order valence-corrected chi connectivity index (χ4v) is 3.38. The number of halogens is 1. The van der Waals surface area contributed by atoms with E-state index in [9.17, 15) is 12.8 Å². The lowest BCUT2D eigenvalue weighted by Gasteiger charge is -2.08. The molecule has 0 saturated carbocycles. The number of nitriles is 1. The second kappa shape index (κ2) is 5.54. The maximum Gasteiger partial charge on any atom is 0.182 e. The Kier molecular flexibility index (Phi) is 3.96. The molecular weight excluding hydrogens is 291 g/mol. The van der Waals surface area contributed by atoms with Crippen molar-refractivity contribution in [1.82, 2.24) is 0 Å². The molecule has 2 aromatic carbocycles. The number of nitrogens with two attached hydrogens (primary N) is 1. The van der Waals surface area contributed by atoms with Crippen molar-refractivity contribution in [3.8, 4) is 6.07 Å². The molecule has 0 fully saturated rings. The summed E-state index contributed by atoms with van der Waals surface area (Å²) < 4.78 is 38.0. The van der Waals surface area contributed by atoms with Crippen LogP contribution in [0.2, 0.25) is 0 Å². The highest BCUT2D eigenvalue weighted by Gasteiger charge is 2.18. The first-order valence-electron chi connectivity index (χ1n) is 6.11. The van der Waals surface area contributed by atoms with Crippen molar-refractivity contribution in [2.75, 3.05) is 5.73 Å². The van der Waals surface area contributed by atoms with E-state index in [0.717, 1.165) is 6.07 Å². The van der Waals surface area contributed by atoms with Gasteiger partial charge in [0.1, 0.15) is 5.82 Å². The number of hydrogen-bond donors (Lipinski definition) is 1. The molecule has 21 heavy (non-hydrogen) atoms. The van der Waals surface area contributed by atoms with Crippen LogP contribution in [-0.2, 0) is 15.6 Å². The average Bonchev–Trinajstić information content (AvgIpc) is 2.43. The zero-order chi connectivity index (χ0) is 15.6. The molecule has 0 atom stereocenters. The van der Waals surface area contributed by atoms with Crippen LogP contribution in [0.3, 0.4) is 0 Å². The fraction of sp³-hybridized carbons (Fsp3) is 0.133. The summed E-state index contributed by atoms with van der Waals surface area (Å²) in [5.74, 6) is -1.01. The Morgan fingerprint density at radius 3 is 2.52 bits per heavy atom. The van der Waals surface area contributed by atoms with Crippen LogP contribution in [0.4, 0.5) is 10.1 Å². The third-order valence-electron chi connectivity index (χ3n) is 3.15. The van der Waals surface area contributed by atoms with Crippen LogP contribution in [-0.4, -0.2) is 8.42 Å².